The lowest BCUT2D eigenvalue weighted by Gasteiger charge is -2.43. The maximum Gasteiger partial charge on any atom is 0.222 e. The topological polar surface area (TPSA) is 38.8 Å². The summed E-state index contributed by atoms with van der Waals surface area (Å²) in [7, 11) is 0. The van der Waals surface area contributed by atoms with Crippen molar-refractivity contribution in [2.45, 2.75) is 63.2 Å². The van der Waals surface area contributed by atoms with E-state index in [1.807, 2.05) is 35.2 Å². The van der Waals surface area contributed by atoms with Crippen molar-refractivity contribution in [1.29, 1.82) is 0 Å². The minimum atomic E-state index is -0.173. The number of benzene rings is 2. The van der Waals surface area contributed by atoms with Crippen LogP contribution in [-0.4, -0.2) is 36.9 Å². The maximum atomic E-state index is 12.8. The van der Waals surface area contributed by atoms with Crippen LogP contribution in [0.5, 0.6) is 0 Å². The van der Waals surface area contributed by atoms with Crippen LogP contribution in [0.15, 0.2) is 48.5 Å². The SMILES string of the molecule is O=C1CCC(CCCOC2CCCCO2)(c2ccc(Cl)c(Cl)c2)CN1Cc1ccccc1. The van der Waals surface area contributed by atoms with Crippen LogP contribution in [0, 0.1) is 0 Å². The van der Waals surface area contributed by atoms with Crippen molar-refractivity contribution in [2.75, 3.05) is 19.8 Å². The lowest BCUT2D eigenvalue weighted by Crippen LogP contribution is -2.48. The summed E-state index contributed by atoms with van der Waals surface area (Å²) in [6.07, 6.45) is 6.31. The first-order valence-electron chi connectivity index (χ1n) is 11.6. The molecule has 172 valence electrons. The number of halogens is 2. The van der Waals surface area contributed by atoms with Gasteiger partial charge in [0.2, 0.25) is 5.91 Å². The zero-order valence-corrected chi connectivity index (χ0v) is 19.9. The van der Waals surface area contributed by atoms with Gasteiger partial charge in [-0.05, 0) is 61.8 Å². The van der Waals surface area contributed by atoms with Crippen molar-refractivity contribution in [3.63, 3.8) is 0 Å². The first-order chi connectivity index (χ1) is 15.6. The number of nitrogens with zero attached hydrogens (tertiary/aromatic N) is 1. The van der Waals surface area contributed by atoms with Crippen LogP contribution >= 0.6 is 23.2 Å². The van der Waals surface area contributed by atoms with Gasteiger partial charge in [0.05, 0.1) is 10.0 Å². The largest absolute Gasteiger partial charge is 0.353 e. The van der Waals surface area contributed by atoms with Crippen molar-refractivity contribution >= 4 is 29.1 Å². The van der Waals surface area contributed by atoms with Crippen LogP contribution in [0.2, 0.25) is 10.0 Å². The Kier molecular flexibility index (Phi) is 8.12. The fourth-order valence-corrected chi connectivity index (χ4v) is 5.16. The van der Waals surface area contributed by atoms with Gasteiger partial charge in [0.25, 0.3) is 0 Å². The van der Waals surface area contributed by atoms with E-state index in [4.69, 9.17) is 32.7 Å². The van der Waals surface area contributed by atoms with Gasteiger partial charge in [0.1, 0.15) is 0 Å². The molecule has 2 fully saturated rings. The summed E-state index contributed by atoms with van der Waals surface area (Å²) in [4.78, 5) is 14.8. The van der Waals surface area contributed by atoms with Crippen LogP contribution in [0.25, 0.3) is 0 Å². The Hall–Kier alpha value is -1.59. The highest BCUT2D eigenvalue weighted by Gasteiger charge is 2.40. The molecule has 0 N–H and O–H groups in total. The molecule has 2 atom stereocenters. The molecule has 0 bridgehead atoms. The van der Waals surface area contributed by atoms with E-state index >= 15 is 0 Å². The summed E-state index contributed by atoms with van der Waals surface area (Å²) < 4.78 is 11.7. The molecule has 6 heteroatoms. The molecule has 0 saturated carbocycles. The zero-order valence-electron chi connectivity index (χ0n) is 18.4. The first kappa shape index (κ1) is 23.6. The highest BCUT2D eigenvalue weighted by atomic mass is 35.5. The van der Waals surface area contributed by atoms with E-state index in [1.54, 1.807) is 0 Å². The van der Waals surface area contributed by atoms with E-state index in [0.29, 0.717) is 36.2 Å². The van der Waals surface area contributed by atoms with Crippen molar-refractivity contribution in [2.24, 2.45) is 0 Å². The van der Waals surface area contributed by atoms with E-state index in [-0.39, 0.29) is 17.6 Å². The number of ether oxygens (including phenoxy) is 2. The zero-order chi connectivity index (χ0) is 22.4. The maximum absolute atomic E-state index is 12.8. The molecule has 0 aliphatic carbocycles. The van der Waals surface area contributed by atoms with Crippen LogP contribution in [-0.2, 0) is 26.2 Å². The third-order valence-corrected chi connectivity index (χ3v) is 7.39. The molecular formula is C26H31Cl2NO3. The fraction of sp³-hybridized carbons (Fsp3) is 0.500. The second kappa shape index (κ2) is 11.0. The van der Waals surface area contributed by atoms with Crippen molar-refractivity contribution < 1.29 is 14.3 Å². The second-order valence-corrected chi connectivity index (χ2v) is 9.73. The Morgan fingerprint density at radius 1 is 1.09 bits per heavy atom. The van der Waals surface area contributed by atoms with Crippen molar-refractivity contribution in [3.8, 4) is 0 Å². The highest BCUT2D eigenvalue weighted by molar-refractivity contribution is 6.42. The average molecular weight is 476 g/mol. The second-order valence-electron chi connectivity index (χ2n) is 8.92. The molecule has 2 unspecified atom stereocenters. The Bertz CT molecular complexity index is 901. The van der Waals surface area contributed by atoms with Crippen LogP contribution in [0.1, 0.15) is 56.1 Å². The van der Waals surface area contributed by atoms with Gasteiger partial charge in [-0.1, -0.05) is 59.6 Å². The van der Waals surface area contributed by atoms with Gasteiger partial charge in [0.15, 0.2) is 6.29 Å². The summed E-state index contributed by atoms with van der Waals surface area (Å²) in [6.45, 7) is 2.72. The molecule has 1 amide bonds. The lowest BCUT2D eigenvalue weighted by atomic mass is 9.71. The molecule has 2 aromatic carbocycles. The van der Waals surface area contributed by atoms with Crippen LogP contribution in [0.3, 0.4) is 0 Å². The number of amides is 1. The summed E-state index contributed by atoms with van der Waals surface area (Å²) in [6, 6.07) is 16.1. The van der Waals surface area contributed by atoms with Gasteiger partial charge < -0.3 is 14.4 Å². The summed E-state index contributed by atoms with van der Waals surface area (Å²) in [5.41, 5.74) is 2.11. The Balaban J connectivity index is 1.49. The molecule has 4 nitrogen and oxygen atoms in total. The molecule has 32 heavy (non-hydrogen) atoms. The molecule has 2 aliphatic heterocycles. The molecule has 2 heterocycles. The molecule has 2 aromatic rings. The quantitative estimate of drug-likeness (QED) is 0.415. The Labute approximate surface area is 200 Å². The summed E-state index contributed by atoms with van der Waals surface area (Å²) in [5.74, 6) is 0.205. The highest BCUT2D eigenvalue weighted by Crippen LogP contribution is 2.41. The predicted octanol–water partition coefficient (Wildman–Crippen LogP) is 6.38. The van der Waals surface area contributed by atoms with Gasteiger partial charge >= 0.3 is 0 Å². The van der Waals surface area contributed by atoms with E-state index in [2.05, 4.69) is 18.2 Å². The number of carbonyl (C=O) groups is 1. The molecule has 0 radical (unpaired) electrons. The molecule has 2 aliphatic rings. The number of rotatable bonds is 8. The van der Waals surface area contributed by atoms with E-state index in [0.717, 1.165) is 56.3 Å². The number of hydrogen-bond donors (Lipinski definition) is 0. The monoisotopic (exact) mass is 475 g/mol. The number of carbonyl (C=O) groups excluding carboxylic acids is 1. The van der Waals surface area contributed by atoms with Crippen molar-refractivity contribution in [3.05, 3.63) is 69.7 Å². The standard InChI is InChI=1S/C26H31Cl2NO3/c27-22-11-10-21(17-23(22)28)26(13-6-16-32-25-9-4-5-15-31-25)14-12-24(30)29(19-26)18-20-7-2-1-3-8-20/h1-3,7-8,10-11,17,25H,4-6,9,12-16,18-19H2. The van der Waals surface area contributed by atoms with Gasteiger partial charge in [-0.25, -0.2) is 0 Å². The first-order valence-corrected chi connectivity index (χ1v) is 12.3. The number of hydrogen-bond acceptors (Lipinski definition) is 3. The van der Waals surface area contributed by atoms with Crippen molar-refractivity contribution in [1.82, 2.24) is 4.90 Å². The minimum Gasteiger partial charge on any atom is -0.353 e. The Morgan fingerprint density at radius 2 is 1.94 bits per heavy atom. The predicted molar refractivity (Wildman–Crippen MR) is 128 cm³/mol. The molecular weight excluding hydrogens is 445 g/mol. The molecule has 0 aromatic heterocycles. The van der Waals surface area contributed by atoms with Crippen LogP contribution in [0.4, 0.5) is 0 Å². The number of piperidine rings is 1. The minimum absolute atomic E-state index is 0.0767. The van der Waals surface area contributed by atoms with Gasteiger partial charge in [-0.3, -0.25) is 4.79 Å². The lowest BCUT2D eigenvalue weighted by molar-refractivity contribution is -0.163. The van der Waals surface area contributed by atoms with Gasteiger partial charge in [-0.2, -0.15) is 0 Å². The molecule has 4 rings (SSSR count). The van der Waals surface area contributed by atoms with E-state index in [9.17, 15) is 4.79 Å². The summed E-state index contributed by atoms with van der Waals surface area (Å²) in [5, 5.41) is 1.11. The molecule has 2 saturated heterocycles. The average Bonchev–Trinajstić information content (AvgIpc) is 2.82. The van der Waals surface area contributed by atoms with Gasteiger partial charge in [-0.15, -0.1) is 0 Å². The summed E-state index contributed by atoms with van der Waals surface area (Å²) >= 11 is 12.6. The smallest absolute Gasteiger partial charge is 0.222 e. The normalized spacial score (nSPS) is 24.0. The fourth-order valence-electron chi connectivity index (χ4n) is 4.86. The molecule has 0 spiro atoms. The third-order valence-electron chi connectivity index (χ3n) is 6.65. The van der Waals surface area contributed by atoms with Gasteiger partial charge in [0, 0.05) is 38.1 Å². The number of likely N-dealkylation sites (tertiary alicyclic amines) is 1. The van der Waals surface area contributed by atoms with E-state index < -0.39 is 0 Å². The third kappa shape index (κ3) is 5.85. The van der Waals surface area contributed by atoms with E-state index in [1.165, 1.54) is 0 Å². The Morgan fingerprint density at radius 3 is 2.69 bits per heavy atom. The van der Waals surface area contributed by atoms with Crippen LogP contribution < -0.4 is 0 Å².